The molecule has 0 bridgehead atoms. The minimum Gasteiger partial charge on any atom is -0.387 e. The van der Waals surface area contributed by atoms with Crippen molar-refractivity contribution in [2.24, 2.45) is 0 Å². The van der Waals surface area contributed by atoms with E-state index in [-0.39, 0.29) is 6.10 Å². The van der Waals surface area contributed by atoms with E-state index >= 15 is 0 Å². The molecule has 1 aliphatic rings. The average molecular weight is 263 g/mol. The molecule has 0 spiro atoms. The normalized spacial score (nSPS) is 19.6. The molecule has 2 rings (SSSR count). The molecule has 3 nitrogen and oxygen atoms in total. The summed E-state index contributed by atoms with van der Waals surface area (Å²) in [6.45, 7) is 6.89. The number of β-amino-alcohol motifs (C(OH)–C–C–N with tert-alkyl or cyclic N) is 1. The molecule has 0 saturated carbocycles. The Morgan fingerprint density at radius 1 is 1.32 bits per heavy atom. The molecule has 1 atom stereocenters. The largest absolute Gasteiger partial charge is 0.387 e. The van der Waals surface area contributed by atoms with E-state index in [0.717, 1.165) is 38.0 Å². The molecule has 106 valence electrons. The van der Waals surface area contributed by atoms with Crippen LogP contribution < -0.4 is 0 Å². The zero-order chi connectivity index (χ0) is 13.8. The fourth-order valence-electron chi connectivity index (χ4n) is 2.79. The predicted molar refractivity (Wildman–Crippen MR) is 77.3 cm³/mol. The summed E-state index contributed by atoms with van der Waals surface area (Å²) < 4.78 is 5.37. The third kappa shape index (κ3) is 3.78. The van der Waals surface area contributed by atoms with Gasteiger partial charge in [0.2, 0.25) is 0 Å². The lowest BCUT2D eigenvalue weighted by atomic mass is 9.99. The van der Waals surface area contributed by atoms with Gasteiger partial charge in [-0.15, -0.1) is 0 Å². The van der Waals surface area contributed by atoms with Crippen LogP contribution in [0, 0.1) is 13.8 Å². The summed E-state index contributed by atoms with van der Waals surface area (Å²) in [4.78, 5) is 2.34. The highest BCUT2D eigenvalue weighted by molar-refractivity contribution is 5.32. The van der Waals surface area contributed by atoms with Crippen molar-refractivity contribution in [3.8, 4) is 0 Å². The van der Waals surface area contributed by atoms with Crippen molar-refractivity contribution in [1.29, 1.82) is 0 Å². The quantitative estimate of drug-likeness (QED) is 0.905. The fourth-order valence-corrected chi connectivity index (χ4v) is 2.79. The average Bonchev–Trinajstić information content (AvgIpc) is 2.42. The Labute approximate surface area is 116 Å². The summed E-state index contributed by atoms with van der Waals surface area (Å²) in [5.74, 6) is 0. The number of hydrogen-bond donors (Lipinski definition) is 1. The summed E-state index contributed by atoms with van der Waals surface area (Å²) in [6.07, 6.45) is 2.14. The van der Waals surface area contributed by atoms with Crippen molar-refractivity contribution >= 4 is 0 Å². The van der Waals surface area contributed by atoms with Crippen LogP contribution in [0.15, 0.2) is 18.2 Å². The summed E-state index contributed by atoms with van der Waals surface area (Å²) in [5.41, 5.74) is 3.44. The Hall–Kier alpha value is -0.900. The van der Waals surface area contributed by atoms with E-state index in [1.54, 1.807) is 7.11 Å². The lowest BCUT2D eigenvalue weighted by Crippen LogP contribution is -2.39. The zero-order valence-corrected chi connectivity index (χ0v) is 12.2. The van der Waals surface area contributed by atoms with Crippen LogP contribution >= 0.6 is 0 Å². The van der Waals surface area contributed by atoms with Crippen molar-refractivity contribution in [3.63, 3.8) is 0 Å². The number of benzene rings is 1. The number of ether oxygens (including phenoxy) is 1. The molecule has 1 N–H and O–H groups in total. The highest BCUT2D eigenvalue weighted by Gasteiger charge is 2.21. The van der Waals surface area contributed by atoms with Gasteiger partial charge in [0.15, 0.2) is 0 Å². The maximum atomic E-state index is 10.4. The van der Waals surface area contributed by atoms with E-state index in [4.69, 9.17) is 4.74 Å². The summed E-state index contributed by atoms with van der Waals surface area (Å²) >= 11 is 0. The van der Waals surface area contributed by atoms with Crippen LogP contribution in [0.4, 0.5) is 0 Å². The van der Waals surface area contributed by atoms with Gasteiger partial charge < -0.3 is 14.7 Å². The molecule has 0 radical (unpaired) electrons. The second-order valence-corrected chi connectivity index (χ2v) is 5.61. The Morgan fingerprint density at radius 3 is 2.63 bits per heavy atom. The zero-order valence-electron chi connectivity index (χ0n) is 12.2. The molecule has 19 heavy (non-hydrogen) atoms. The smallest absolute Gasteiger partial charge is 0.0919 e. The van der Waals surface area contributed by atoms with Gasteiger partial charge in [0.1, 0.15) is 0 Å². The van der Waals surface area contributed by atoms with E-state index in [9.17, 15) is 5.11 Å². The van der Waals surface area contributed by atoms with Crippen molar-refractivity contribution in [2.45, 2.75) is 38.9 Å². The van der Waals surface area contributed by atoms with Gasteiger partial charge in [-0.25, -0.2) is 0 Å². The number of aliphatic hydroxyl groups excluding tert-OH is 1. The van der Waals surface area contributed by atoms with E-state index in [0.29, 0.717) is 6.10 Å². The van der Waals surface area contributed by atoms with E-state index in [1.807, 2.05) is 0 Å². The molecule has 1 aromatic rings. The van der Waals surface area contributed by atoms with Crippen LogP contribution in [0.3, 0.4) is 0 Å². The van der Waals surface area contributed by atoms with E-state index < -0.39 is 0 Å². The van der Waals surface area contributed by atoms with E-state index in [2.05, 4.69) is 36.9 Å². The Kier molecular flexibility index (Phi) is 4.97. The van der Waals surface area contributed by atoms with Crippen molar-refractivity contribution < 1.29 is 9.84 Å². The molecule has 1 unspecified atom stereocenters. The number of hydrogen-bond acceptors (Lipinski definition) is 3. The third-order valence-electron chi connectivity index (χ3n) is 4.09. The van der Waals surface area contributed by atoms with Crippen molar-refractivity contribution in [1.82, 2.24) is 4.90 Å². The first-order valence-electron chi connectivity index (χ1n) is 7.10. The van der Waals surface area contributed by atoms with Gasteiger partial charge >= 0.3 is 0 Å². The number of rotatable bonds is 4. The SMILES string of the molecule is COC1CCN(CC(O)c2cc(C)ccc2C)CC1. The van der Waals surface area contributed by atoms with Crippen LogP contribution in [0.25, 0.3) is 0 Å². The number of nitrogens with zero attached hydrogens (tertiary/aromatic N) is 1. The van der Waals surface area contributed by atoms with Crippen LogP contribution in [0.2, 0.25) is 0 Å². The number of aryl methyl sites for hydroxylation is 2. The first kappa shape index (κ1) is 14.5. The molecule has 1 fully saturated rings. The number of piperidine rings is 1. The minimum atomic E-state index is -0.390. The van der Waals surface area contributed by atoms with Gasteiger partial charge in [-0.05, 0) is 37.8 Å². The summed E-state index contributed by atoms with van der Waals surface area (Å²) in [7, 11) is 1.78. The van der Waals surface area contributed by atoms with Gasteiger partial charge in [0.25, 0.3) is 0 Å². The topological polar surface area (TPSA) is 32.7 Å². The van der Waals surface area contributed by atoms with Crippen LogP contribution in [0.1, 0.15) is 35.6 Å². The van der Waals surface area contributed by atoms with Crippen molar-refractivity contribution in [2.75, 3.05) is 26.7 Å². The molecule has 0 aliphatic carbocycles. The number of methoxy groups -OCH3 is 1. The maximum Gasteiger partial charge on any atom is 0.0919 e. The molecular formula is C16H25NO2. The van der Waals surface area contributed by atoms with E-state index in [1.165, 1.54) is 11.1 Å². The predicted octanol–water partition coefficient (Wildman–Crippen LogP) is 2.45. The molecule has 1 aromatic carbocycles. The molecule has 1 heterocycles. The number of aliphatic hydroxyl groups is 1. The van der Waals surface area contributed by atoms with Gasteiger partial charge in [0.05, 0.1) is 12.2 Å². The molecule has 1 saturated heterocycles. The highest BCUT2D eigenvalue weighted by Crippen LogP contribution is 2.22. The molecule has 1 aliphatic heterocycles. The second-order valence-electron chi connectivity index (χ2n) is 5.61. The summed E-state index contributed by atoms with van der Waals surface area (Å²) in [5, 5.41) is 10.4. The van der Waals surface area contributed by atoms with Crippen molar-refractivity contribution in [3.05, 3.63) is 34.9 Å². The van der Waals surface area contributed by atoms with Crippen LogP contribution in [-0.4, -0.2) is 42.9 Å². The maximum absolute atomic E-state index is 10.4. The molecule has 0 amide bonds. The highest BCUT2D eigenvalue weighted by atomic mass is 16.5. The van der Waals surface area contributed by atoms with Gasteiger partial charge in [0, 0.05) is 26.7 Å². The van der Waals surface area contributed by atoms with Crippen LogP contribution in [0.5, 0.6) is 0 Å². The lowest BCUT2D eigenvalue weighted by Gasteiger charge is -2.32. The second kappa shape index (κ2) is 6.51. The van der Waals surface area contributed by atoms with Gasteiger partial charge in [-0.1, -0.05) is 23.8 Å². The first-order chi connectivity index (χ1) is 9.10. The standard InChI is InChI=1S/C16H25NO2/c1-12-4-5-13(2)15(10-12)16(18)11-17-8-6-14(19-3)7-9-17/h4-5,10,14,16,18H,6-9,11H2,1-3H3. The third-order valence-corrected chi connectivity index (χ3v) is 4.09. The van der Waals surface area contributed by atoms with Gasteiger partial charge in [-0.2, -0.15) is 0 Å². The Bertz CT molecular complexity index is 411. The monoisotopic (exact) mass is 263 g/mol. The fraction of sp³-hybridized carbons (Fsp3) is 0.625. The van der Waals surface area contributed by atoms with Crippen LogP contribution in [-0.2, 0) is 4.74 Å². The Balaban J connectivity index is 1.94. The number of likely N-dealkylation sites (tertiary alicyclic amines) is 1. The molecule has 0 aromatic heterocycles. The molecule has 3 heteroatoms. The Morgan fingerprint density at radius 2 is 2.00 bits per heavy atom. The summed E-state index contributed by atoms with van der Waals surface area (Å²) in [6, 6.07) is 6.28. The lowest BCUT2D eigenvalue weighted by molar-refractivity contribution is 0.0241. The minimum absolute atomic E-state index is 0.390. The van der Waals surface area contributed by atoms with Gasteiger partial charge in [-0.3, -0.25) is 0 Å². The first-order valence-corrected chi connectivity index (χ1v) is 7.10. The molecular weight excluding hydrogens is 238 g/mol.